The number of nitrogens with zero attached hydrogens (tertiary/aromatic N) is 1. The predicted molar refractivity (Wildman–Crippen MR) is 74.6 cm³/mol. The second-order valence-corrected chi connectivity index (χ2v) is 4.89. The average molecular weight is 273 g/mol. The second-order valence-electron chi connectivity index (χ2n) is 4.89. The first-order chi connectivity index (χ1) is 9.47. The molecule has 0 radical (unpaired) electrons. The molecule has 0 fully saturated rings. The molecule has 0 aliphatic heterocycles. The summed E-state index contributed by atoms with van der Waals surface area (Å²) >= 11 is 0. The number of rotatable bonds is 4. The van der Waals surface area contributed by atoms with Crippen LogP contribution in [-0.4, -0.2) is 16.9 Å². The third-order valence-corrected chi connectivity index (χ3v) is 2.72. The van der Waals surface area contributed by atoms with E-state index in [4.69, 9.17) is 4.74 Å². The van der Waals surface area contributed by atoms with Crippen molar-refractivity contribution in [3.63, 3.8) is 0 Å². The van der Waals surface area contributed by atoms with Crippen molar-refractivity contribution in [1.82, 2.24) is 4.98 Å². The number of pyridine rings is 1. The summed E-state index contributed by atoms with van der Waals surface area (Å²) in [5, 5.41) is 0. The standard InChI is InChI=1S/C16H16FNO2/c1-10(2)20-13-7-12(8-18-9-13)16(19)14-5-4-11(3)6-15(14)17/h4-10H,1-3H3. The molecule has 1 heterocycles. The summed E-state index contributed by atoms with van der Waals surface area (Å²) in [6, 6.07) is 6.12. The molecule has 0 aliphatic rings. The molecular weight excluding hydrogens is 257 g/mol. The third kappa shape index (κ3) is 3.20. The Bertz CT molecular complexity index is 638. The minimum Gasteiger partial charge on any atom is -0.489 e. The Morgan fingerprint density at radius 2 is 2.00 bits per heavy atom. The Morgan fingerprint density at radius 3 is 2.65 bits per heavy atom. The van der Waals surface area contributed by atoms with E-state index < -0.39 is 11.6 Å². The molecular formula is C16H16FNO2. The number of aromatic nitrogens is 1. The average Bonchev–Trinajstić information content (AvgIpc) is 2.37. The molecule has 20 heavy (non-hydrogen) atoms. The Labute approximate surface area is 117 Å². The molecule has 2 aromatic rings. The van der Waals surface area contributed by atoms with E-state index in [1.54, 1.807) is 19.1 Å². The zero-order valence-electron chi connectivity index (χ0n) is 11.7. The van der Waals surface area contributed by atoms with E-state index in [0.29, 0.717) is 11.3 Å². The van der Waals surface area contributed by atoms with Crippen LogP contribution in [0.1, 0.15) is 35.3 Å². The van der Waals surface area contributed by atoms with E-state index in [2.05, 4.69) is 4.98 Å². The highest BCUT2D eigenvalue weighted by molar-refractivity contribution is 6.09. The fourth-order valence-electron chi connectivity index (χ4n) is 1.84. The van der Waals surface area contributed by atoms with Gasteiger partial charge in [0.05, 0.1) is 17.9 Å². The van der Waals surface area contributed by atoms with Crippen LogP contribution in [0.25, 0.3) is 0 Å². The lowest BCUT2D eigenvalue weighted by atomic mass is 10.0. The second kappa shape index (κ2) is 5.82. The number of halogens is 1. The molecule has 2 rings (SSSR count). The Kier molecular flexibility index (Phi) is 4.13. The van der Waals surface area contributed by atoms with Gasteiger partial charge in [-0.2, -0.15) is 0 Å². The first kappa shape index (κ1) is 14.2. The smallest absolute Gasteiger partial charge is 0.197 e. The summed E-state index contributed by atoms with van der Waals surface area (Å²) in [6.07, 6.45) is 2.93. The first-order valence-corrected chi connectivity index (χ1v) is 6.40. The molecule has 1 aromatic carbocycles. The van der Waals surface area contributed by atoms with Gasteiger partial charge in [-0.05, 0) is 44.5 Å². The SMILES string of the molecule is Cc1ccc(C(=O)c2cncc(OC(C)C)c2)c(F)c1. The molecule has 0 N–H and O–H groups in total. The van der Waals surface area contributed by atoms with Crippen LogP contribution < -0.4 is 4.74 Å². The first-order valence-electron chi connectivity index (χ1n) is 6.40. The Hall–Kier alpha value is -2.23. The molecule has 0 amide bonds. The van der Waals surface area contributed by atoms with E-state index in [0.717, 1.165) is 5.56 Å². The highest BCUT2D eigenvalue weighted by atomic mass is 19.1. The van der Waals surface area contributed by atoms with Gasteiger partial charge in [-0.15, -0.1) is 0 Å². The van der Waals surface area contributed by atoms with Gasteiger partial charge in [0.25, 0.3) is 0 Å². The maximum absolute atomic E-state index is 13.8. The van der Waals surface area contributed by atoms with Crippen molar-refractivity contribution >= 4 is 5.78 Å². The van der Waals surface area contributed by atoms with Crippen molar-refractivity contribution in [3.8, 4) is 5.75 Å². The third-order valence-electron chi connectivity index (χ3n) is 2.72. The zero-order valence-corrected chi connectivity index (χ0v) is 11.7. The van der Waals surface area contributed by atoms with Crippen LogP contribution in [0.15, 0.2) is 36.7 Å². The lowest BCUT2D eigenvalue weighted by Gasteiger charge is -2.10. The maximum atomic E-state index is 13.8. The number of hydrogen-bond donors (Lipinski definition) is 0. The van der Waals surface area contributed by atoms with Crippen LogP contribution in [0.5, 0.6) is 5.75 Å². The summed E-state index contributed by atoms with van der Waals surface area (Å²) < 4.78 is 19.3. The van der Waals surface area contributed by atoms with Gasteiger partial charge in [0.2, 0.25) is 0 Å². The molecule has 0 aliphatic carbocycles. The number of carbonyl (C=O) groups is 1. The number of aryl methyl sites for hydroxylation is 1. The van der Waals surface area contributed by atoms with Crippen LogP contribution in [0.3, 0.4) is 0 Å². The van der Waals surface area contributed by atoms with E-state index in [-0.39, 0.29) is 11.7 Å². The van der Waals surface area contributed by atoms with E-state index in [1.165, 1.54) is 24.5 Å². The van der Waals surface area contributed by atoms with Gasteiger partial charge in [0, 0.05) is 11.8 Å². The highest BCUT2D eigenvalue weighted by Crippen LogP contribution is 2.18. The maximum Gasteiger partial charge on any atom is 0.197 e. The fraction of sp³-hybridized carbons (Fsp3) is 0.250. The zero-order chi connectivity index (χ0) is 14.7. The van der Waals surface area contributed by atoms with Crippen molar-refractivity contribution in [2.24, 2.45) is 0 Å². The van der Waals surface area contributed by atoms with Gasteiger partial charge in [0.1, 0.15) is 11.6 Å². The van der Waals surface area contributed by atoms with E-state index >= 15 is 0 Å². The normalized spacial score (nSPS) is 10.7. The van der Waals surface area contributed by atoms with Crippen molar-refractivity contribution in [2.45, 2.75) is 26.9 Å². The van der Waals surface area contributed by atoms with Gasteiger partial charge < -0.3 is 4.74 Å². The van der Waals surface area contributed by atoms with Crippen molar-refractivity contribution in [1.29, 1.82) is 0 Å². The Balaban J connectivity index is 2.33. The minimum absolute atomic E-state index is 0.0155. The lowest BCUT2D eigenvalue weighted by molar-refractivity contribution is 0.103. The van der Waals surface area contributed by atoms with Crippen LogP contribution in [0.2, 0.25) is 0 Å². The largest absolute Gasteiger partial charge is 0.489 e. The van der Waals surface area contributed by atoms with Crippen molar-refractivity contribution in [2.75, 3.05) is 0 Å². The van der Waals surface area contributed by atoms with E-state index in [9.17, 15) is 9.18 Å². The number of benzene rings is 1. The summed E-state index contributed by atoms with van der Waals surface area (Å²) in [5.74, 6) is -0.423. The van der Waals surface area contributed by atoms with E-state index in [1.807, 2.05) is 13.8 Å². The quantitative estimate of drug-likeness (QED) is 0.800. The molecule has 1 aromatic heterocycles. The van der Waals surface area contributed by atoms with Crippen LogP contribution in [-0.2, 0) is 0 Å². The van der Waals surface area contributed by atoms with Gasteiger partial charge in [-0.1, -0.05) is 6.07 Å². The van der Waals surface area contributed by atoms with Gasteiger partial charge >= 0.3 is 0 Å². The fourth-order valence-corrected chi connectivity index (χ4v) is 1.84. The number of ether oxygens (including phenoxy) is 1. The molecule has 0 saturated carbocycles. The molecule has 4 heteroatoms. The number of carbonyl (C=O) groups excluding carboxylic acids is 1. The van der Waals surface area contributed by atoms with Crippen LogP contribution >= 0.6 is 0 Å². The summed E-state index contributed by atoms with van der Waals surface area (Å²) in [4.78, 5) is 16.2. The van der Waals surface area contributed by atoms with Gasteiger partial charge in [0.15, 0.2) is 5.78 Å². The highest BCUT2D eigenvalue weighted by Gasteiger charge is 2.15. The summed E-state index contributed by atoms with van der Waals surface area (Å²) in [6.45, 7) is 5.54. The van der Waals surface area contributed by atoms with Crippen molar-refractivity contribution < 1.29 is 13.9 Å². The molecule has 0 spiro atoms. The van der Waals surface area contributed by atoms with Crippen molar-refractivity contribution in [3.05, 3.63) is 59.2 Å². The predicted octanol–water partition coefficient (Wildman–Crippen LogP) is 3.55. The number of ketones is 1. The van der Waals surface area contributed by atoms with Gasteiger partial charge in [-0.25, -0.2) is 4.39 Å². The molecule has 0 unspecified atom stereocenters. The number of hydrogen-bond acceptors (Lipinski definition) is 3. The molecule has 0 saturated heterocycles. The topological polar surface area (TPSA) is 39.2 Å². The lowest BCUT2D eigenvalue weighted by Crippen LogP contribution is -2.08. The monoisotopic (exact) mass is 273 g/mol. The molecule has 0 atom stereocenters. The van der Waals surface area contributed by atoms with Crippen LogP contribution in [0, 0.1) is 12.7 Å². The summed E-state index contributed by atoms with van der Waals surface area (Å²) in [7, 11) is 0. The van der Waals surface area contributed by atoms with Crippen LogP contribution in [0.4, 0.5) is 4.39 Å². The molecule has 104 valence electrons. The minimum atomic E-state index is -0.523. The molecule has 3 nitrogen and oxygen atoms in total. The summed E-state index contributed by atoms with van der Waals surface area (Å²) in [5.41, 5.74) is 1.12. The molecule has 0 bridgehead atoms. The Morgan fingerprint density at radius 1 is 1.25 bits per heavy atom. The van der Waals surface area contributed by atoms with Gasteiger partial charge in [-0.3, -0.25) is 9.78 Å².